The molecule has 36 heavy (non-hydrogen) atoms. The van der Waals surface area contributed by atoms with Crippen LogP contribution in [0.4, 0.5) is 22.0 Å². The average Bonchev–Trinajstić information content (AvgIpc) is 3.57. The predicted molar refractivity (Wildman–Crippen MR) is 136 cm³/mol. The Kier molecular flexibility index (Phi) is 6.91. The maximum Gasteiger partial charge on any atom is 0.323 e. The number of carbonyl (C=O) groups is 2. The van der Waals surface area contributed by atoms with Gasteiger partial charge >= 0.3 is 6.03 Å². The Morgan fingerprint density at radius 2 is 1.94 bits per heavy atom. The third-order valence-electron chi connectivity index (χ3n) is 5.32. The van der Waals surface area contributed by atoms with Gasteiger partial charge in [-0.25, -0.2) is 9.78 Å². The minimum Gasteiger partial charge on any atom is -0.494 e. The fraction of sp³-hybridized carbons (Fsp3) is 0.333. The van der Waals surface area contributed by atoms with Crippen LogP contribution in [0.2, 0.25) is 0 Å². The summed E-state index contributed by atoms with van der Waals surface area (Å²) < 4.78 is 7.19. The molecule has 3 aromatic rings. The number of ether oxygens (including phenoxy) is 1. The molecule has 1 aromatic carbocycles. The van der Waals surface area contributed by atoms with Gasteiger partial charge in [-0.05, 0) is 25.0 Å². The van der Waals surface area contributed by atoms with Gasteiger partial charge in [0.1, 0.15) is 6.33 Å². The zero-order valence-electron chi connectivity index (χ0n) is 20.0. The monoisotopic (exact) mass is 481 g/mol. The highest BCUT2D eigenvalue weighted by molar-refractivity contribution is 6.60. The lowest BCUT2D eigenvalue weighted by molar-refractivity contribution is 0.0947. The highest BCUT2D eigenvalue weighted by Crippen LogP contribution is 2.37. The van der Waals surface area contributed by atoms with Crippen molar-refractivity contribution in [3.63, 3.8) is 0 Å². The van der Waals surface area contributed by atoms with Crippen LogP contribution in [0.5, 0.6) is 5.75 Å². The van der Waals surface area contributed by atoms with Crippen LogP contribution in [0.15, 0.2) is 30.6 Å². The number of aryl methyl sites for hydroxylation is 1. The van der Waals surface area contributed by atoms with Crippen LogP contribution in [-0.4, -0.2) is 90.8 Å². The van der Waals surface area contributed by atoms with E-state index in [2.05, 4.69) is 36.2 Å². The summed E-state index contributed by atoms with van der Waals surface area (Å²) in [4.78, 5) is 31.2. The molecule has 12 nitrogen and oxygen atoms in total. The second kappa shape index (κ2) is 9.92. The molecule has 3 amide bonds. The van der Waals surface area contributed by atoms with Gasteiger partial charge in [-0.15, -0.1) is 10.2 Å². The van der Waals surface area contributed by atoms with Gasteiger partial charge in [0.2, 0.25) is 0 Å². The molecular weight excluding hydrogens is 459 g/mol. The number of para-hydroxylation sites is 1. The van der Waals surface area contributed by atoms with Crippen LogP contribution in [0.1, 0.15) is 23.3 Å². The fourth-order valence-corrected chi connectivity index (χ4v) is 3.44. The lowest BCUT2D eigenvalue weighted by atomic mass is 9.49. The van der Waals surface area contributed by atoms with Crippen molar-refractivity contribution in [1.82, 2.24) is 35.2 Å². The zero-order chi connectivity index (χ0) is 26.0. The topological polar surface area (TPSA) is 139 Å². The summed E-state index contributed by atoms with van der Waals surface area (Å²) in [6.45, 7) is 0. The number of hydrogen-bond acceptors (Lipinski definition) is 8. The minimum atomic E-state index is -1.99. The number of carbonyl (C=O) groups excluding carboxylic acids is 2. The fourth-order valence-electron chi connectivity index (χ4n) is 3.44. The van der Waals surface area contributed by atoms with E-state index >= 15 is 0 Å². The van der Waals surface area contributed by atoms with Crippen LogP contribution in [0, 0.1) is 0 Å². The molecule has 0 saturated heterocycles. The second-order valence-electron chi connectivity index (χ2n) is 8.40. The molecule has 2 aromatic heterocycles. The third kappa shape index (κ3) is 5.78. The predicted octanol–water partition coefficient (Wildman–Crippen LogP) is 0.497. The number of nitrogens with zero attached hydrogens (tertiary/aromatic N) is 6. The Hall–Kier alpha value is -4.03. The molecule has 3 N–H and O–H groups in total. The smallest absolute Gasteiger partial charge is 0.323 e. The van der Waals surface area contributed by atoms with Gasteiger partial charge in [0.05, 0.1) is 47.6 Å². The van der Waals surface area contributed by atoms with E-state index in [0.29, 0.717) is 22.8 Å². The van der Waals surface area contributed by atoms with Gasteiger partial charge in [0.15, 0.2) is 23.1 Å². The summed E-state index contributed by atoms with van der Waals surface area (Å²) in [5.74, 6) is 0.190. The summed E-state index contributed by atoms with van der Waals surface area (Å²) in [5, 5.41) is 18.3. The molecule has 0 atom stereocenters. The Bertz CT molecular complexity index is 1290. The first-order valence-corrected chi connectivity index (χ1v) is 11.0. The van der Waals surface area contributed by atoms with Gasteiger partial charge in [0.25, 0.3) is 5.91 Å². The average molecular weight is 481 g/mol. The number of methoxy groups -OCH3 is 1. The Morgan fingerprint density at radius 3 is 2.56 bits per heavy atom. The standard InChI is InChI=1S/C21H22B3N9O3/c1-32-10-25-18(31-32)12-5-4-6-13(17(12)36-3)26-14-9-15(27-20(35)33(2)11-7-8-11)29-30-16(14)19(34)28-21(22,23)24/h4-6,9-11H,7-8H2,1-3H3,(H,28,34)(H2,26,27,29,35). The van der Waals surface area contributed by atoms with Gasteiger partial charge in [-0.1, -0.05) is 11.3 Å². The lowest BCUT2D eigenvalue weighted by Crippen LogP contribution is -2.50. The van der Waals surface area contributed by atoms with Crippen molar-refractivity contribution in [2.45, 2.75) is 24.1 Å². The van der Waals surface area contributed by atoms with Crippen LogP contribution >= 0.6 is 0 Å². The second-order valence-corrected chi connectivity index (χ2v) is 8.40. The number of hydrogen-bond donors (Lipinski definition) is 3. The normalized spacial score (nSPS) is 13.1. The maximum atomic E-state index is 12.8. The van der Waals surface area contributed by atoms with E-state index in [4.69, 9.17) is 28.3 Å². The molecule has 2 heterocycles. The van der Waals surface area contributed by atoms with E-state index in [1.165, 1.54) is 13.2 Å². The van der Waals surface area contributed by atoms with Crippen molar-refractivity contribution in [2.24, 2.45) is 7.05 Å². The summed E-state index contributed by atoms with van der Waals surface area (Å²) in [7, 11) is 21.5. The maximum absolute atomic E-state index is 12.8. The highest BCUT2D eigenvalue weighted by atomic mass is 16.5. The molecule has 1 saturated carbocycles. The minimum absolute atomic E-state index is 0.118. The Morgan fingerprint density at radius 1 is 1.19 bits per heavy atom. The Balaban J connectivity index is 1.70. The first-order chi connectivity index (χ1) is 17.1. The van der Waals surface area contributed by atoms with E-state index in [9.17, 15) is 9.59 Å². The number of rotatable bonds is 8. The molecule has 0 spiro atoms. The van der Waals surface area contributed by atoms with Gasteiger partial charge in [-0.2, -0.15) is 5.10 Å². The summed E-state index contributed by atoms with van der Waals surface area (Å²) in [6, 6.07) is 6.59. The van der Waals surface area contributed by atoms with Gasteiger partial charge < -0.3 is 20.3 Å². The van der Waals surface area contributed by atoms with Crippen molar-refractivity contribution in [1.29, 1.82) is 0 Å². The molecule has 4 rings (SSSR count). The van der Waals surface area contributed by atoms with Gasteiger partial charge in [-0.3, -0.25) is 14.8 Å². The highest BCUT2D eigenvalue weighted by Gasteiger charge is 2.30. The molecule has 15 heteroatoms. The van der Waals surface area contributed by atoms with E-state index in [-0.39, 0.29) is 29.3 Å². The van der Waals surface area contributed by atoms with Crippen LogP contribution in [0.3, 0.4) is 0 Å². The summed E-state index contributed by atoms with van der Waals surface area (Å²) in [5.41, 5.74) is 1.09. The number of urea groups is 1. The molecule has 6 radical (unpaired) electrons. The van der Waals surface area contributed by atoms with Crippen molar-refractivity contribution in [3.05, 3.63) is 36.3 Å². The summed E-state index contributed by atoms with van der Waals surface area (Å²) in [6.07, 6.45) is 3.46. The molecule has 1 aliphatic carbocycles. The number of amides is 3. The molecule has 0 aliphatic heterocycles. The third-order valence-corrected chi connectivity index (χ3v) is 5.32. The van der Waals surface area contributed by atoms with Crippen molar-refractivity contribution >= 4 is 52.7 Å². The van der Waals surface area contributed by atoms with E-state index in [1.54, 1.807) is 48.2 Å². The van der Waals surface area contributed by atoms with E-state index < -0.39 is 11.1 Å². The van der Waals surface area contributed by atoms with Crippen LogP contribution in [-0.2, 0) is 7.05 Å². The first kappa shape index (κ1) is 25.1. The summed E-state index contributed by atoms with van der Waals surface area (Å²) >= 11 is 0. The van der Waals surface area contributed by atoms with E-state index in [0.717, 1.165) is 12.8 Å². The van der Waals surface area contributed by atoms with Crippen molar-refractivity contribution < 1.29 is 14.3 Å². The lowest BCUT2D eigenvalue weighted by Gasteiger charge is -2.23. The molecule has 1 aliphatic rings. The molecule has 178 valence electrons. The zero-order valence-corrected chi connectivity index (χ0v) is 20.0. The van der Waals surface area contributed by atoms with Gasteiger partial charge in [0, 0.05) is 26.2 Å². The van der Waals surface area contributed by atoms with Crippen LogP contribution in [0.25, 0.3) is 11.4 Å². The molecular formula is C21H22B3N9O3. The molecule has 0 bridgehead atoms. The number of anilines is 3. The SMILES string of the molecule is [B]C([B])([B])NC(=O)c1nnc(NC(=O)N(C)C2CC2)cc1Nc1cccc(-c2ncn(C)n2)c1OC. The van der Waals surface area contributed by atoms with Crippen molar-refractivity contribution in [2.75, 3.05) is 24.8 Å². The Labute approximate surface area is 211 Å². The van der Waals surface area contributed by atoms with Crippen LogP contribution < -0.4 is 20.7 Å². The first-order valence-electron chi connectivity index (χ1n) is 11.0. The number of aromatic nitrogens is 5. The largest absolute Gasteiger partial charge is 0.494 e. The molecule has 1 fully saturated rings. The number of benzene rings is 1. The molecule has 0 unspecified atom stereocenters. The van der Waals surface area contributed by atoms with E-state index in [1.807, 2.05) is 0 Å². The van der Waals surface area contributed by atoms with Crippen molar-refractivity contribution in [3.8, 4) is 17.1 Å². The quantitative estimate of drug-likeness (QED) is 0.396. The number of nitrogens with one attached hydrogen (secondary N) is 3.